The van der Waals surface area contributed by atoms with Crippen molar-refractivity contribution in [3.8, 4) is 5.75 Å². The molecule has 4 nitrogen and oxygen atoms in total. The van der Waals surface area contributed by atoms with E-state index in [4.69, 9.17) is 5.11 Å². The molecule has 1 aromatic carbocycles. The van der Waals surface area contributed by atoms with Gasteiger partial charge in [0.2, 0.25) is 10.0 Å². The zero-order valence-corrected chi connectivity index (χ0v) is 12.0. The predicted molar refractivity (Wildman–Crippen MR) is 71.7 cm³/mol. The SMILES string of the molecule is CC(CCc1ccc(O)cc1)NS(=O)(=O)CBr. The number of halogens is 1. The van der Waals surface area contributed by atoms with E-state index in [1.807, 2.05) is 19.1 Å². The van der Waals surface area contributed by atoms with Crippen LogP contribution >= 0.6 is 15.9 Å². The Morgan fingerprint density at radius 1 is 1.35 bits per heavy atom. The summed E-state index contributed by atoms with van der Waals surface area (Å²) in [5.74, 6) is 0.238. The molecule has 0 aliphatic rings. The molecule has 0 amide bonds. The summed E-state index contributed by atoms with van der Waals surface area (Å²) in [6.45, 7) is 1.83. The molecule has 0 aliphatic heterocycles. The van der Waals surface area contributed by atoms with Crippen LogP contribution in [0.4, 0.5) is 0 Å². The molecule has 6 heteroatoms. The van der Waals surface area contributed by atoms with Crippen LogP contribution in [0.1, 0.15) is 18.9 Å². The fourth-order valence-corrected chi connectivity index (χ4v) is 2.63. The molecule has 96 valence electrons. The minimum atomic E-state index is -3.20. The Morgan fingerprint density at radius 2 is 1.94 bits per heavy atom. The monoisotopic (exact) mass is 321 g/mol. The van der Waals surface area contributed by atoms with E-state index in [1.165, 1.54) is 0 Å². The van der Waals surface area contributed by atoms with Gasteiger partial charge < -0.3 is 5.11 Å². The maximum Gasteiger partial charge on any atom is 0.221 e. The van der Waals surface area contributed by atoms with Gasteiger partial charge in [0, 0.05) is 6.04 Å². The molecular formula is C11H16BrNO3S. The van der Waals surface area contributed by atoms with Crippen molar-refractivity contribution in [3.63, 3.8) is 0 Å². The Bertz CT molecular complexity index is 444. The molecule has 0 radical (unpaired) electrons. The highest BCUT2D eigenvalue weighted by molar-refractivity contribution is 9.10. The normalized spacial score (nSPS) is 13.5. The first kappa shape index (κ1) is 14.5. The molecular weight excluding hydrogens is 306 g/mol. The second-order valence-corrected chi connectivity index (χ2v) is 7.00. The Morgan fingerprint density at radius 3 is 2.47 bits per heavy atom. The summed E-state index contributed by atoms with van der Waals surface area (Å²) in [5.41, 5.74) is 1.08. The number of benzene rings is 1. The summed E-state index contributed by atoms with van der Waals surface area (Å²) in [4.78, 5) is 0. The summed E-state index contributed by atoms with van der Waals surface area (Å²) in [5, 5.41) is 9.12. The number of hydrogen-bond acceptors (Lipinski definition) is 3. The minimum Gasteiger partial charge on any atom is -0.508 e. The van der Waals surface area contributed by atoms with Crippen molar-refractivity contribution in [3.05, 3.63) is 29.8 Å². The summed E-state index contributed by atoms with van der Waals surface area (Å²) >= 11 is 2.93. The highest BCUT2D eigenvalue weighted by Gasteiger charge is 2.12. The number of sulfonamides is 1. The molecule has 1 rings (SSSR count). The zero-order valence-electron chi connectivity index (χ0n) is 9.56. The van der Waals surface area contributed by atoms with Gasteiger partial charge in [-0.05, 0) is 37.5 Å². The lowest BCUT2D eigenvalue weighted by molar-refractivity contribution is 0.475. The predicted octanol–water partition coefficient (Wildman–Crippen LogP) is 1.99. The molecule has 0 heterocycles. The first-order valence-corrected chi connectivity index (χ1v) is 8.04. The third-order valence-electron chi connectivity index (χ3n) is 2.33. The van der Waals surface area contributed by atoms with Crippen molar-refractivity contribution in [1.82, 2.24) is 4.72 Å². The Kier molecular flexibility index (Phi) is 5.42. The van der Waals surface area contributed by atoms with Gasteiger partial charge in [0.1, 0.15) is 10.4 Å². The molecule has 0 saturated heterocycles. The zero-order chi connectivity index (χ0) is 12.9. The quantitative estimate of drug-likeness (QED) is 0.787. The number of nitrogens with one attached hydrogen (secondary N) is 1. The van der Waals surface area contributed by atoms with Crippen LogP contribution < -0.4 is 4.72 Å². The van der Waals surface area contributed by atoms with E-state index in [9.17, 15) is 8.42 Å². The molecule has 1 unspecified atom stereocenters. The van der Waals surface area contributed by atoms with Crippen molar-refractivity contribution >= 4 is 26.0 Å². The van der Waals surface area contributed by atoms with Gasteiger partial charge >= 0.3 is 0 Å². The number of aromatic hydroxyl groups is 1. The fourth-order valence-electron chi connectivity index (χ4n) is 1.44. The van der Waals surface area contributed by atoms with Crippen LogP contribution in [0.3, 0.4) is 0 Å². The summed E-state index contributed by atoms with van der Waals surface area (Å²) in [6, 6.07) is 6.82. The van der Waals surface area contributed by atoms with Gasteiger partial charge in [0.05, 0.1) is 0 Å². The smallest absolute Gasteiger partial charge is 0.221 e. The molecule has 0 fully saturated rings. The van der Waals surface area contributed by atoms with Gasteiger partial charge in [-0.2, -0.15) is 0 Å². The number of hydrogen-bond donors (Lipinski definition) is 2. The molecule has 0 aromatic heterocycles. The van der Waals surface area contributed by atoms with Crippen LogP contribution in [0.25, 0.3) is 0 Å². The number of aryl methyl sites for hydroxylation is 1. The number of alkyl halides is 1. The van der Waals surface area contributed by atoms with Gasteiger partial charge in [-0.15, -0.1) is 0 Å². The van der Waals surface area contributed by atoms with E-state index in [1.54, 1.807) is 12.1 Å². The number of rotatable bonds is 6. The lowest BCUT2D eigenvalue weighted by atomic mass is 10.1. The summed E-state index contributed by atoms with van der Waals surface area (Å²) in [6.07, 6.45) is 1.49. The van der Waals surface area contributed by atoms with Crippen LogP contribution in [0, 0.1) is 0 Å². The van der Waals surface area contributed by atoms with E-state index in [2.05, 4.69) is 20.7 Å². The van der Waals surface area contributed by atoms with E-state index in [0.29, 0.717) is 0 Å². The Labute approximate surface area is 110 Å². The fraction of sp³-hybridized carbons (Fsp3) is 0.455. The highest BCUT2D eigenvalue weighted by atomic mass is 79.9. The van der Waals surface area contributed by atoms with E-state index < -0.39 is 10.0 Å². The Balaban J connectivity index is 2.43. The standard InChI is InChI=1S/C11H16BrNO3S/c1-9(13-17(15,16)8-12)2-3-10-4-6-11(14)7-5-10/h4-7,9,13-14H,2-3,8H2,1H3. The largest absolute Gasteiger partial charge is 0.508 e. The van der Waals surface area contributed by atoms with Gasteiger partial charge in [0.25, 0.3) is 0 Å². The molecule has 2 N–H and O–H groups in total. The van der Waals surface area contributed by atoms with Crippen molar-refractivity contribution in [1.29, 1.82) is 0 Å². The molecule has 1 atom stereocenters. The molecule has 0 bridgehead atoms. The van der Waals surface area contributed by atoms with Crippen molar-refractivity contribution < 1.29 is 13.5 Å². The van der Waals surface area contributed by atoms with Gasteiger partial charge in [-0.1, -0.05) is 28.1 Å². The van der Waals surface area contributed by atoms with Gasteiger partial charge in [-0.25, -0.2) is 13.1 Å². The second-order valence-electron chi connectivity index (χ2n) is 3.95. The Hall–Kier alpha value is -0.590. The lowest BCUT2D eigenvalue weighted by Gasteiger charge is -2.12. The highest BCUT2D eigenvalue weighted by Crippen LogP contribution is 2.12. The van der Waals surface area contributed by atoms with Gasteiger partial charge in [0.15, 0.2) is 0 Å². The molecule has 1 aromatic rings. The number of phenols is 1. The third-order valence-corrected chi connectivity index (χ3v) is 5.18. The average Bonchev–Trinajstić information content (AvgIpc) is 2.28. The van der Waals surface area contributed by atoms with Crippen molar-refractivity contribution in [2.24, 2.45) is 0 Å². The third kappa shape index (κ3) is 5.52. The van der Waals surface area contributed by atoms with Crippen LogP contribution in [0.2, 0.25) is 0 Å². The molecule has 17 heavy (non-hydrogen) atoms. The second kappa shape index (κ2) is 6.37. The van der Waals surface area contributed by atoms with E-state index in [0.717, 1.165) is 18.4 Å². The lowest BCUT2D eigenvalue weighted by Crippen LogP contribution is -2.33. The van der Waals surface area contributed by atoms with E-state index in [-0.39, 0.29) is 16.5 Å². The topological polar surface area (TPSA) is 66.4 Å². The summed E-state index contributed by atoms with van der Waals surface area (Å²) in [7, 11) is -3.20. The van der Waals surface area contributed by atoms with Crippen LogP contribution in [0.15, 0.2) is 24.3 Å². The molecule has 0 aliphatic carbocycles. The van der Waals surface area contributed by atoms with E-state index >= 15 is 0 Å². The maximum absolute atomic E-state index is 11.3. The molecule has 0 saturated carbocycles. The van der Waals surface area contributed by atoms with Crippen LogP contribution in [0.5, 0.6) is 5.75 Å². The van der Waals surface area contributed by atoms with Gasteiger partial charge in [-0.3, -0.25) is 0 Å². The van der Waals surface area contributed by atoms with Crippen LogP contribution in [-0.2, 0) is 16.4 Å². The first-order valence-electron chi connectivity index (χ1n) is 5.27. The summed E-state index contributed by atoms with van der Waals surface area (Å²) < 4.78 is 25.0. The van der Waals surface area contributed by atoms with Crippen molar-refractivity contribution in [2.45, 2.75) is 25.8 Å². The maximum atomic E-state index is 11.3. The average molecular weight is 322 g/mol. The number of phenolic OH excluding ortho intramolecular Hbond substituents is 1. The minimum absolute atomic E-state index is 0.0798. The van der Waals surface area contributed by atoms with Crippen LogP contribution in [-0.4, -0.2) is 24.2 Å². The van der Waals surface area contributed by atoms with Crippen molar-refractivity contribution in [2.75, 3.05) is 4.66 Å². The first-order chi connectivity index (χ1) is 7.93. The molecule has 0 spiro atoms.